The van der Waals surface area contributed by atoms with E-state index in [4.69, 9.17) is 10.00 Å². The van der Waals surface area contributed by atoms with Crippen molar-refractivity contribution in [1.29, 1.82) is 5.26 Å². The Labute approximate surface area is 96.8 Å². The summed E-state index contributed by atoms with van der Waals surface area (Å²) in [7, 11) is 0. The standard InChI is InChI=1S/C11H11F3N2O/c12-11(13,14)4-2-6-17-8-9-3-1-5-16-10(9)7-15/h1,3,5H,2,4,6,8H2. The van der Waals surface area contributed by atoms with Crippen molar-refractivity contribution in [3.63, 3.8) is 0 Å². The van der Waals surface area contributed by atoms with Gasteiger partial charge in [0.25, 0.3) is 0 Å². The van der Waals surface area contributed by atoms with Gasteiger partial charge in [-0.1, -0.05) is 6.07 Å². The summed E-state index contributed by atoms with van der Waals surface area (Å²) >= 11 is 0. The van der Waals surface area contributed by atoms with Crippen molar-refractivity contribution in [2.45, 2.75) is 25.6 Å². The second kappa shape index (κ2) is 6.21. The fourth-order valence-electron chi connectivity index (χ4n) is 1.21. The molecule has 0 bridgehead atoms. The highest BCUT2D eigenvalue weighted by Gasteiger charge is 2.25. The van der Waals surface area contributed by atoms with Crippen LogP contribution < -0.4 is 0 Å². The van der Waals surface area contributed by atoms with Gasteiger partial charge in [-0.25, -0.2) is 4.98 Å². The number of halogens is 3. The van der Waals surface area contributed by atoms with E-state index in [1.54, 1.807) is 12.1 Å². The van der Waals surface area contributed by atoms with Crippen molar-refractivity contribution >= 4 is 0 Å². The van der Waals surface area contributed by atoms with Crippen LogP contribution in [-0.4, -0.2) is 17.8 Å². The van der Waals surface area contributed by atoms with E-state index in [1.165, 1.54) is 6.20 Å². The highest BCUT2D eigenvalue weighted by atomic mass is 19.4. The lowest BCUT2D eigenvalue weighted by molar-refractivity contribution is -0.138. The predicted octanol–water partition coefficient (Wildman–Crippen LogP) is 2.81. The molecule has 0 aliphatic carbocycles. The molecule has 3 nitrogen and oxygen atoms in total. The second-order valence-electron chi connectivity index (χ2n) is 3.39. The number of nitrogens with zero attached hydrogens (tertiary/aromatic N) is 2. The molecule has 0 atom stereocenters. The largest absolute Gasteiger partial charge is 0.389 e. The molecule has 0 radical (unpaired) electrons. The van der Waals surface area contributed by atoms with Gasteiger partial charge in [0.05, 0.1) is 6.61 Å². The molecule has 0 unspecified atom stereocenters. The third kappa shape index (κ3) is 5.31. The summed E-state index contributed by atoms with van der Waals surface area (Å²) in [6.07, 6.45) is -3.60. The van der Waals surface area contributed by atoms with E-state index in [1.807, 2.05) is 6.07 Å². The third-order valence-electron chi connectivity index (χ3n) is 2.00. The van der Waals surface area contributed by atoms with Crippen LogP contribution in [0, 0.1) is 11.3 Å². The van der Waals surface area contributed by atoms with Crippen LogP contribution in [0.4, 0.5) is 13.2 Å². The van der Waals surface area contributed by atoms with Crippen molar-refractivity contribution in [2.75, 3.05) is 6.61 Å². The molecule has 0 N–H and O–H groups in total. The highest BCUT2D eigenvalue weighted by molar-refractivity contribution is 5.29. The van der Waals surface area contributed by atoms with E-state index in [0.717, 1.165) is 0 Å². The first kappa shape index (κ1) is 13.5. The fraction of sp³-hybridized carbons (Fsp3) is 0.455. The Kier molecular flexibility index (Phi) is 4.91. The van der Waals surface area contributed by atoms with Gasteiger partial charge in [-0.2, -0.15) is 18.4 Å². The van der Waals surface area contributed by atoms with Crippen LogP contribution in [0.5, 0.6) is 0 Å². The molecule has 0 fully saturated rings. The average Bonchev–Trinajstić information content (AvgIpc) is 2.27. The molecule has 0 saturated carbocycles. The summed E-state index contributed by atoms with van der Waals surface area (Å²) in [5.74, 6) is 0. The Morgan fingerprint density at radius 1 is 1.41 bits per heavy atom. The molecule has 0 aliphatic rings. The van der Waals surface area contributed by atoms with Crippen LogP contribution in [0.2, 0.25) is 0 Å². The summed E-state index contributed by atoms with van der Waals surface area (Å²) in [4.78, 5) is 3.81. The molecule has 92 valence electrons. The van der Waals surface area contributed by atoms with Crippen molar-refractivity contribution in [2.24, 2.45) is 0 Å². The van der Waals surface area contributed by atoms with E-state index >= 15 is 0 Å². The van der Waals surface area contributed by atoms with Gasteiger partial charge in [0.15, 0.2) is 0 Å². The molecule has 0 aliphatic heterocycles. The van der Waals surface area contributed by atoms with E-state index in [0.29, 0.717) is 5.56 Å². The Balaban J connectivity index is 2.30. The van der Waals surface area contributed by atoms with Gasteiger partial charge >= 0.3 is 6.18 Å². The van der Waals surface area contributed by atoms with Crippen molar-refractivity contribution < 1.29 is 17.9 Å². The molecular formula is C11H11F3N2O. The van der Waals surface area contributed by atoms with Crippen LogP contribution in [0.15, 0.2) is 18.3 Å². The molecule has 6 heteroatoms. The van der Waals surface area contributed by atoms with Crippen LogP contribution in [0.1, 0.15) is 24.1 Å². The van der Waals surface area contributed by atoms with Gasteiger partial charge in [-0.15, -0.1) is 0 Å². The molecule has 1 rings (SSSR count). The summed E-state index contributed by atoms with van der Waals surface area (Å²) in [5, 5.41) is 8.71. The normalized spacial score (nSPS) is 11.2. The minimum atomic E-state index is -4.14. The lowest BCUT2D eigenvalue weighted by atomic mass is 10.2. The van der Waals surface area contributed by atoms with Gasteiger partial charge in [0.2, 0.25) is 0 Å². The van der Waals surface area contributed by atoms with Gasteiger partial charge in [0.1, 0.15) is 11.8 Å². The number of ether oxygens (including phenoxy) is 1. The zero-order valence-corrected chi connectivity index (χ0v) is 9.00. The quantitative estimate of drug-likeness (QED) is 0.748. The lowest BCUT2D eigenvalue weighted by Gasteiger charge is -2.07. The lowest BCUT2D eigenvalue weighted by Crippen LogP contribution is -2.09. The monoisotopic (exact) mass is 244 g/mol. The zero-order valence-electron chi connectivity index (χ0n) is 9.00. The minimum absolute atomic E-state index is 0.0132. The number of rotatable bonds is 5. The van der Waals surface area contributed by atoms with E-state index < -0.39 is 12.6 Å². The maximum atomic E-state index is 11.8. The Bertz CT molecular complexity index is 398. The molecule has 1 heterocycles. The van der Waals surface area contributed by atoms with E-state index in [9.17, 15) is 13.2 Å². The maximum absolute atomic E-state index is 11.8. The van der Waals surface area contributed by atoms with Gasteiger partial charge < -0.3 is 4.74 Å². The van der Waals surface area contributed by atoms with E-state index in [-0.39, 0.29) is 25.3 Å². The molecule has 17 heavy (non-hydrogen) atoms. The number of alkyl halides is 3. The first-order valence-corrected chi connectivity index (χ1v) is 5.01. The Hall–Kier alpha value is -1.61. The first-order chi connectivity index (χ1) is 8.03. The third-order valence-corrected chi connectivity index (χ3v) is 2.00. The molecule has 0 saturated heterocycles. The Morgan fingerprint density at radius 3 is 2.82 bits per heavy atom. The summed E-state index contributed by atoms with van der Waals surface area (Å²) < 4.78 is 40.5. The summed E-state index contributed by atoms with van der Waals surface area (Å²) in [5.41, 5.74) is 0.824. The molecule has 0 amide bonds. The summed E-state index contributed by atoms with van der Waals surface area (Å²) in [6, 6.07) is 5.20. The van der Waals surface area contributed by atoms with E-state index in [2.05, 4.69) is 4.98 Å². The van der Waals surface area contributed by atoms with Crippen molar-refractivity contribution in [1.82, 2.24) is 4.98 Å². The fourth-order valence-corrected chi connectivity index (χ4v) is 1.21. The number of nitriles is 1. The molecule has 1 aromatic heterocycles. The number of hydrogen-bond acceptors (Lipinski definition) is 3. The molecule has 0 spiro atoms. The molecule has 1 aromatic rings. The smallest absolute Gasteiger partial charge is 0.377 e. The highest BCUT2D eigenvalue weighted by Crippen LogP contribution is 2.21. The zero-order chi connectivity index (χ0) is 12.7. The SMILES string of the molecule is N#Cc1ncccc1COCCCC(F)(F)F. The number of hydrogen-bond donors (Lipinski definition) is 0. The van der Waals surface area contributed by atoms with Crippen molar-refractivity contribution in [3.05, 3.63) is 29.6 Å². The van der Waals surface area contributed by atoms with Gasteiger partial charge in [0, 0.05) is 24.8 Å². The number of pyridine rings is 1. The van der Waals surface area contributed by atoms with Crippen LogP contribution in [-0.2, 0) is 11.3 Å². The minimum Gasteiger partial charge on any atom is -0.377 e. The molecule has 0 aromatic carbocycles. The van der Waals surface area contributed by atoms with Crippen LogP contribution in [0.3, 0.4) is 0 Å². The topological polar surface area (TPSA) is 45.9 Å². The Morgan fingerprint density at radius 2 is 2.18 bits per heavy atom. The second-order valence-corrected chi connectivity index (χ2v) is 3.39. The predicted molar refractivity (Wildman–Crippen MR) is 53.9 cm³/mol. The van der Waals surface area contributed by atoms with Crippen LogP contribution >= 0.6 is 0 Å². The average molecular weight is 244 g/mol. The van der Waals surface area contributed by atoms with Gasteiger partial charge in [-0.3, -0.25) is 0 Å². The van der Waals surface area contributed by atoms with Crippen LogP contribution in [0.25, 0.3) is 0 Å². The molecular weight excluding hydrogens is 233 g/mol. The van der Waals surface area contributed by atoms with Gasteiger partial charge in [-0.05, 0) is 12.5 Å². The number of aromatic nitrogens is 1. The van der Waals surface area contributed by atoms with Crippen molar-refractivity contribution in [3.8, 4) is 6.07 Å². The first-order valence-electron chi connectivity index (χ1n) is 5.01. The maximum Gasteiger partial charge on any atom is 0.389 e. The summed E-state index contributed by atoms with van der Waals surface area (Å²) in [6.45, 7) is 0.119.